The first-order valence-electron chi connectivity index (χ1n) is 6.25. The molecule has 0 N–H and O–H groups in total. The molecule has 4 nitrogen and oxygen atoms in total. The number of halogens is 1. The number of carbonyl (C=O) groups is 1. The molecule has 96 valence electrons. The van der Waals surface area contributed by atoms with Crippen LogP contribution in [-0.2, 0) is 6.42 Å². The number of rotatable bonds is 1. The molecule has 0 fully saturated rings. The third kappa shape index (κ3) is 2.36. The molecule has 0 bridgehead atoms. The van der Waals surface area contributed by atoms with Gasteiger partial charge in [-0.1, -0.05) is 0 Å². The normalized spacial score (nSPS) is 14.9. The lowest BCUT2D eigenvalue weighted by atomic mass is 10.1. The topological polar surface area (TPSA) is 55.7 Å². The van der Waals surface area contributed by atoms with E-state index in [-0.39, 0.29) is 5.78 Å². The number of hydrogen-bond donors (Lipinski definition) is 0. The lowest BCUT2D eigenvalue weighted by molar-refractivity contribution is 0.0981. The zero-order chi connectivity index (χ0) is 13.2. The van der Waals surface area contributed by atoms with Gasteiger partial charge in [0.1, 0.15) is 11.5 Å². The van der Waals surface area contributed by atoms with Gasteiger partial charge in [0.15, 0.2) is 11.6 Å². The molecule has 0 unspecified atom stereocenters. The number of fused-ring (bicyclic) bond motifs is 1. The van der Waals surface area contributed by atoms with Crippen molar-refractivity contribution in [1.29, 1.82) is 0 Å². The van der Waals surface area contributed by atoms with Gasteiger partial charge >= 0.3 is 0 Å². The van der Waals surface area contributed by atoms with Gasteiger partial charge < -0.3 is 0 Å². The molecule has 2 aromatic heterocycles. The summed E-state index contributed by atoms with van der Waals surface area (Å²) in [4.78, 5) is 24.4. The second-order valence-electron chi connectivity index (χ2n) is 4.55. The van der Waals surface area contributed by atoms with E-state index in [2.05, 4.69) is 15.0 Å². The summed E-state index contributed by atoms with van der Waals surface area (Å²) in [5.74, 6) is 0.147. The Morgan fingerprint density at radius 3 is 2.68 bits per heavy atom. The first-order valence-corrected chi connectivity index (χ1v) is 6.25. The van der Waals surface area contributed by atoms with Crippen molar-refractivity contribution in [1.82, 2.24) is 15.0 Å². The zero-order valence-corrected chi connectivity index (χ0v) is 10.3. The van der Waals surface area contributed by atoms with Crippen LogP contribution in [0.2, 0.25) is 0 Å². The Bertz CT molecular complexity index is 625. The van der Waals surface area contributed by atoms with Crippen LogP contribution in [0.4, 0.5) is 4.39 Å². The van der Waals surface area contributed by atoms with Gasteiger partial charge in [-0.15, -0.1) is 0 Å². The number of aryl methyl sites for hydroxylation is 1. The third-order valence-electron chi connectivity index (χ3n) is 3.19. The SMILES string of the molecule is O=C1CCCCc2nc(-c3ccc(F)cn3)ncc21. The van der Waals surface area contributed by atoms with E-state index >= 15 is 0 Å². The van der Waals surface area contributed by atoms with E-state index < -0.39 is 5.82 Å². The van der Waals surface area contributed by atoms with E-state index in [9.17, 15) is 9.18 Å². The Labute approximate surface area is 109 Å². The molecule has 0 spiro atoms. The van der Waals surface area contributed by atoms with Crippen molar-refractivity contribution in [2.45, 2.75) is 25.7 Å². The van der Waals surface area contributed by atoms with Crippen molar-refractivity contribution < 1.29 is 9.18 Å². The average Bonchev–Trinajstić information content (AvgIpc) is 2.61. The van der Waals surface area contributed by atoms with Gasteiger partial charge in [-0.2, -0.15) is 0 Å². The van der Waals surface area contributed by atoms with E-state index in [1.54, 1.807) is 6.20 Å². The molecule has 2 heterocycles. The van der Waals surface area contributed by atoms with Gasteiger partial charge in [0.2, 0.25) is 0 Å². The minimum Gasteiger partial charge on any atom is -0.294 e. The van der Waals surface area contributed by atoms with Crippen LogP contribution in [0.15, 0.2) is 24.5 Å². The van der Waals surface area contributed by atoms with Gasteiger partial charge in [-0.25, -0.2) is 19.3 Å². The average molecular weight is 257 g/mol. The molecule has 0 amide bonds. The smallest absolute Gasteiger partial charge is 0.178 e. The maximum absolute atomic E-state index is 12.8. The Balaban J connectivity index is 2.03. The standard InChI is InChI=1S/C14H12FN3O/c15-9-5-6-12(16-7-9)14-17-8-10-11(18-14)3-1-2-4-13(10)19/h5-8H,1-4H2. The number of pyridine rings is 1. The van der Waals surface area contributed by atoms with Crippen molar-refractivity contribution in [3.8, 4) is 11.5 Å². The van der Waals surface area contributed by atoms with Crippen molar-refractivity contribution in [3.63, 3.8) is 0 Å². The van der Waals surface area contributed by atoms with Crippen LogP contribution < -0.4 is 0 Å². The highest BCUT2D eigenvalue weighted by Crippen LogP contribution is 2.21. The summed E-state index contributed by atoms with van der Waals surface area (Å²) in [5.41, 5.74) is 1.91. The number of ketones is 1. The van der Waals surface area contributed by atoms with Gasteiger partial charge in [-0.05, 0) is 31.4 Å². The van der Waals surface area contributed by atoms with Crippen molar-refractivity contribution in [2.24, 2.45) is 0 Å². The fourth-order valence-corrected chi connectivity index (χ4v) is 2.18. The van der Waals surface area contributed by atoms with Gasteiger partial charge in [0.25, 0.3) is 0 Å². The monoisotopic (exact) mass is 257 g/mol. The Morgan fingerprint density at radius 1 is 1.05 bits per heavy atom. The molecule has 0 aliphatic heterocycles. The largest absolute Gasteiger partial charge is 0.294 e. The lowest BCUT2D eigenvalue weighted by Gasteiger charge is -2.05. The summed E-state index contributed by atoms with van der Waals surface area (Å²) in [6.45, 7) is 0. The number of carbonyl (C=O) groups excluding carboxylic acids is 1. The van der Waals surface area contributed by atoms with E-state index in [0.717, 1.165) is 31.2 Å². The molecule has 0 atom stereocenters. The molecule has 5 heteroatoms. The van der Waals surface area contributed by atoms with Crippen LogP contribution in [0, 0.1) is 5.82 Å². The highest BCUT2D eigenvalue weighted by Gasteiger charge is 2.18. The predicted octanol–water partition coefficient (Wildman–Crippen LogP) is 2.59. The highest BCUT2D eigenvalue weighted by atomic mass is 19.1. The molecule has 0 radical (unpaired) electrons. The van der Waals surface area contributed by atoms with Crippen LogP contribution in [0.3, 0.4) is 0 Å². The third-order valence-corrected chi connectivity index (χ3v) is 3.19. The first-order chi connectivity index (χ1) is 9.24. The summed E-state index contributed by atoms with van der Waals surface area (Å²) in [6.07, 6.45) is 5.87. The van der Waals surface area contributed by atoms with Crippen molar-refractivity contribution in [2.75, 3.05) is 0 Å². The number of aromatic nitrogens is 3. The lowest BCUT2D eigenvalue weighted by Crippen LogP contribution is -2.05. The highest BCUT2D eigenvalue weighted by molar-refractivity contribution is 5.97. The van der Waals surface area contributed by atoms with Crippen LogP contribution in [0.25, 0.3) is 11.5 Å². The zero-order valence-electron chi connectivity index (χ0n) is 10.3. The summed E-state index contributed by atoms with van der Waals surface area (Å²) in [6, 6.07) is 2.86. The molecule has 2 aromatic rings. The summed E-state index contributed by atoms with van der Waals surface area (Å²) in [5, 5.41) is 0. The van der Waals surface area contributed by atoms with E-state index in [4.69, 9.17) is 0 Å². The molecule has 0 aromatic carbocycles. The van der Waals surface area contributed by atoms with Crippen molar-refractivity contribution in [3.05, 3.63) is 41.6 Å². The molecular formula is C14H12FN3O. The molecule has 1 aliphatic rings. The van der Waals surface area contributed by atoms with E-state index in [1.807, 2.05) is 0 Å². The van der Waals surface area contributed by atoms with Crippen molar-refractivity contribution >= 4 is 5.78 Å². The predicted molar refractivity (Wildman–Crippen MR) is 67.1 cm³/mol. The van der Waals surface area contributed by atoms with Crippen LogP contribution in [-0.4, -0.2) is 20.7 Å². The second-order valence-corrected chi connectivity index (χ2v) is 4.55. The minimum atomic E-state index is -0.395. The maximum atomic E-state index is 12.8. The molecule has 3 rings (SSSR count). The Kier molecular flexibility index (Phi) is 3.03. The number of nitrogens with zero attached hydrogens (tertiary/aromatic N) is 3. The summed E-state index contributed by atoms with van der Waals surface area (Å²) < 4.78 is 12.8. The van der Waals surface area contributed by atoms with Gasteiger partial charge in [0, 0.05) is 12.6 Å². The number of hydrogen-bond acceptors (Lipinski definition) is 4. The summed E-state index contributed by atoms with van der Waals surface area (Å²) in [7, 11) is 0. The molecular weight excluding hydrogens is 245 g/mol. The molecule has 0 saturated heterocycles. The Hall–Kier alpha value is -2.17. The minimum absolute atomic E-state index is 0.103. The fraction of sp³-hybridized carbons (Fsp3) is 0.286. The van der Waals surface area contributed by atoms with Crippen LogP contribution >= 0.6 is 0 Å². The van der Waals surface area contributed by atoms with E-state index in [0.29, 0.717) is 23.5 Å². The van der Waals surface area contributed by atoms with Crippen LogP contribution in [0.5, 0.6) is 0 Å². The Morgan fingerprint density at radius 2 is 1.89 bits per heavy atom. The molecule has 1 aliphatic carbocycles. The maximum Gasteiger partial charge on any atom is 0.178 e. The quantitative estimate of drug-likeness (QED) is 0.737. The van der Waals surface area contributed by atoms with Crippen LogP contribution in [0.1, 0.15) is 35.3 Å². The second kappa shape index (κ2) is 4.84. The molecule has 0 saturated carbocycles. The summed E-state index contributed by atoms with van der Waals surface area (Å²) >= 11 is 0. The number of Topliss-reactive ketones (excluding diaryl/α,β-unsaturated/α-hetero) is 1. The van der Waals surface area contributed by atoms with Gasteiger partial charge in [-0.3, -0.25) is 4.79 Å². The fourth-order valence-electron chi connectivity index (χ4n) is 2.18. The first kappa shape index (κ1) is 11.9. The van der Waals surface area contributed by atoms with E-state index in [1.165, 1.54) is 12.1 Å². The van der Waals surface area contributed by atoms with Gasteiger partial charge in [0.05, 0.1) is 17.5 Å². The molecule has 19 heavy (non-hydrogen) atoms.